The number of nitrogens with zero attached hydrogens (tertiary/aromatic N) is 2. The standard InChI is InChI=1S/C14H24N4O3/c1-10(14(19)17-4-6-20-2)18-9-16-7-12(18)13(15)11-3-5-21-8-11/h7,9-11,13H,3-6,8,15H2,1-2H3,(H,17,19). The number of nitrogens with one attached hydrogen (secondary N) is 1. The summed E-state index contributed by atoms with van der Waals surface area (Å²) in [5.41, 5.74) is 7.19. The van der Waals surface area contributed by atoms with Crippen molar-refractivity contribution in [1.82, 2.24) is 14.9 Å². The highest BCUT2D eigenvalue weighted by Crippen LogP contribution is 2.27. The Hall–Kier alpha value is -1.44. The molecule has 21 heavy (non-hydrogen) atoms. The molecule has 7 nitrogen and oxygen atoms in total. The zero-order valence-corrected chi connectivity index (χ0v) is 12.6. The highest BCUT2D eigenvalue weighted by molar-refractivity contribution is 5.79. The third-order valence-corrected chi connectivity index (χ3v) is 3.91. The first-order valence-electron chi connectivity index (χ1n) is 7.26. The number of amides is 1. The van der Waals surface area contributed by atoms with Crippen LogP contribution in [0, 0.1) is 5.92 Å². The van der Waals surface area contributed by atoms with Gasteiger partial charge in [0, 0.05) is 32.4 Å². The largest absolute Gasteiger partial charge is 0.383 e. The lowest BCUT2D eigenvalue weighted by atomic mass is 9.97. The Bertz CT molecular complexity index is 457. The predicted molar refractivity (Wildman–Crippen MR) is 77.7 cm³/mol. The summed E-state index contributed by atoms with van der Waals surface area (Å²) in [6.07, 6.45) is 4.34. The molecule has 1 saturated heterocycles. The van der Waals surface area contributed by atoms with Crippen LogP contribution in [0.5, 0.6) is 0 Å². The molecule has 1 aromatic rings. The number of carbonyl (C=O) groups is 1. The van der Waals surface area contributed by atoms with Crippen LogP contribution in [-0.4, -0.2) is 48.9 Å². The lowest BCUT2D eigenvalue weighted by molar-refractivity contribution is -0.124. The van der Waals surface area contributed by atoms with Gasteiger partial charge in [0.05, 0.1) is 31.3 Å². The van der Waals surface area contributed by atoms with Gasteiger partial charge in [-0.15, -0.1) is 0 Å². The van der Waals surface area contributed by atoms with Gasteiger partial charge in [0.15, 0.2) is 0 Å². The Kier molecular flexibility index (Phi) is 5.72. The minimum Gasteiger partial charge on any atom is -0.383 e. The maximum atomic E-state index is 12.1. The predicted octanol–water partition coefficient (Wildman–Crippen LogP) is 0.243. The molecule has 0 aromatic carbocycles. The molecule has 0 spiro atoms. The summed E-state index contributed by atoms with van der Waals surface area (Å²) < 4.78 is 12.1. The highest BCUT2D eigenvalue weighted by atomic mass is 16.5. The number of hydrogen-bond donors (Lipinski definition) is 2. The topological polar surface area (TPSA) is 91.4 Å². The van der Waals surface area contributed by atoms with Crippen LogP contribution in [0.15, 0.2) is 12.5 Å². The van der Waals surface area contributed by atoms with Crippen molar-refractivity contribution in [2.24, 2.45) is 11.7 Å². The van der Waals surface area contributed by atoms with Gasteiger partial charge in [-0.05, 0) is 13.3 Å². The molecule has 1 amide bonds. The van der Waals surface area contributed by atoms with Gasteiger partial charge in [0.1, 0.15) is 6.04 Å². The normalized spacial score (nSPS) is 21.2. The van der Waals surface area contributed by atoms with Crippen molar-refractivity contribution in [3.8, 4) is 0 Å². The Balaban J connectivity index is 2.02. The molecule has 0 aliphatic carbocycles. The molecule has 3 atom stereocenters. The Morgan fingerprint density at radius 3 is 3.19 bits per heavy atom. The van der Waals surface area contributed by atoms with Crippen LogP contribution in [0.3, 0.4) is 0 Å². The molecule has 1 aliphatic rings. The third-order valence-electron chi connectivity index (χ3n) is 3.91. The van der Waals surface area contributed by atoms with Crippen LogP contribution in [0.2, 0.25) is 0 Å². The van der Waals surface area contributed by atoms with Crippen LogP contribution in [0.25, 0.3) is 0 Å². The fourth-order valence-corrected chi connectivity index (χ4v) is 2.52. The molecule has 3 unspecified atom stereocenters. The molecule has 0 bridgehead atoms. The van der Waals surface area contributed by atoms with E-state index in [9.17, 15) is 4.79 Å². The van der Waals surface area contributed by atoms with E-state index >= 15 is 0 Å². The van der Waals surface area contributed by atoms with Crippen molar-refractivity contribution in [3.05, 3.63) is 18.2 Å². The second kappa shape index (κ2) is 7.53. The number of aromatic nitrogens is 2. The van der Waals surface area contributed by atoms with Crippen molar-refractivity contribution in [2.45, 2.75) is 25.4 Å². The number of carbonyl (C=O) groups excluding carboxylic acids is 1. The lowest BCUT2D eigenvalue weighted by Crippen LogP contribution is -2.35. The Morgan fingerprint density at radius 1 is 1.71 bits per heavy atom. The van der Waals surface area contributed by atoms with E-state index in [-0.39, 0.29) is 23.9 Å². The van der Waals surface area contributed by atoms with E-state index in [1.54, 1.807) is 19.6 Å². The maximum absolute atomic E-state index is 12.1. The SMILES string of the molecule is COCCNC(=O)C(C)n1cncc1C(N)C1CCOC1. The maximum Gasteiger partial charge on any atom is 0.242 e. The molecule has 1 aromatic heterocycles. The van der Waals surface area contributed by atoms with Gasteiger partial charge in [-0.25, -0.2) is 4.98 Å². The molecular formula is C14H24N4O3. The Labute approximate surface area is 124 Å². The van der Waals surface area contributed by atoms with Gasteiger partial charge in [-0.1, -0.05) is 0 Å². The average molecular weight is 296 g/mol. The monoisotopic (exact) mass is 296 g/mol. The first-order chi connectivity index (χ1) is 10.1. The van der Waals surface area contributed by atoms with E-state index in [0.717, 1.165) is 18.7 Å². The molecular weight excluding hydrogens is 272 g/mol. The summed E-state index contributed by atoms with van der Waals surface area (Å²) in [6, 6.07) is -0.517. The molecule has 7 heteroatoms. The van der Waals surface area contributed by atoms with Gasteiger partial charge in [0.25, 0.3) is 0 Å². The molecule has 0 radical (unpaired) electrons. The van der Waals surface area contributed by atoms with Gasteiger partial charge in [0.2, 0.25) is 5.91 Å². The van der Waals surface area contributed by atoms with Crippen molar-refractivity contribution in [3.63, 3.8) is 0 Å². The number of nitrogens with two attached hydrogens (primary N) is 1. The van der Waals surface area contributed by atoms with Crippen molar-refractivity contribution >= 4 is 5.91 Å². The molecule has 118 valence electrons. The van der Waals surface area contributed by atoms with Crippen LogP contribution in [-0.2, 0) is 14.3 Å². The second-order valence-corrected chi connectivity index (χ2v) is 5.34. The van der Waals surface area contributed by atoms with E-state index < -0.39 is 0 Å². The fraction of sp³-hybridized carbons (Fsp3) is 0.714. The quantitative estimate of drug-likeness (QED) is 0.703. The minimum atomic E-state index is -0.354. The van der Waals surface area contributed by atoms with Gasteiger partial charge >= 0.3 is 0 Å². The molecule has 2 heterocycles. The van der Waals surface area contributed by atoms with E-state index in [1.165, 1.54) is 0 Å². The number of rotatable bonds is 7. The summed E-state index contributed by atoms with van der Waals surface area (Å²) in [5, 5.41) is 2.83. The summed E-state index contributed by atoms with van der Waals surface area (Å²) in [4.78, 5) is 16.3. The number of imidazole rings is 1. The lowest BCUT2D eigenvalue weighted by Gasteiger charge is -2.22. The van der Waals surface area contributed by atoms with Gasteiger partial charge in [-0.2, -0.15) is 0 Å². The summed E-state index contributed by atoms with van der Waals surface area (Å²) in [5.74, 6) is 0.213. The van der Waals surface area contributed by atoms with Crippen molar-refractivity contribution in [1.29, 1.82) is 0 Å². The van der Waals surface area contributed by atoms with Gasteiger partial charge < -0.3 is 25.1 Å². The van der Waals surface area contributed by atoms with E-state index in [2.05, 4.69) is 10.3 Å². The van der Waals surface area contributed by atoms with Crippen LogP contribution in [0.1, 0.15) is 31.1 Å². The summed E-state index contributed by atoms with van der Waals surface area (Å²) >= 11 is 0. The number of ether oxygens (including phenoxy) is 2. The molecule has 2 rings (SSSR count). The van der Waals surface area contributed by atoms with Crippen LogP contribution in [0.4, 0.5) is 0 Å². The van der Waals surface area contributed by atoms with Gasteiger partial charge in [-0.3, -0.25) is 4.79 Å². The highest BCUT2D eigenvalue weighted by Gasteiger charge is 2.28. The minimum absolute atomic E-state index is 0.0684. The van der Waals surface area contributed by atoms with E-state index in [4.69, 9.17) is 15.2 Å². The zero-order chi connectivity index (χ0) is 15.2. The zero-order valence-electron chi connectivity index (χ0n) is 12.6. The Morgan fingerprint density at radius 2 is 2.52 bits per heavy atom. The number of methoxy groups -OCH3 is 1. The molecule has 0 saturated carbocycles. The fourth-order valence-electron chi connectivity index (χ4n) is 2.52. The molecule has 3 N–H and O–H groups in total. The molecule has 1 aliphatic heterocycles. The van der Waals surface area contributed by atoms with E-state index in [1.807, 2.05) is 11.5 Å². The third kappa shape index (κ3) is 3.81. The van der Waals surface area contributed by atoms with E-state index in [0.29, 0.717) is 19.8 Å². The smallest absolute Gasteiger partial charge is 0.242 e. The van der Waals surface area contributed by atoms with Crippen molar-refractivity contribution < 1.29 is 14.3 Å². The second-order valence-electron chi connectivity index (χ2n) is 5.34. The summed E-state index contributed by atoms with van der Waals surface area (Å²) in [7, 11) is 1.60. The van der Waals surface area contributed by atoms with Crippen molar-refractivity contribution in [2.75, 3.05) is 33.5 Å². The van der Waals surface area contributed by atoms with Crippen LogP contribution >= 0.6 is 0 Å². The molecule has 1 fully saturated rings. The number of hydrogen-bond acceptors (Lipinski definition) is 5. The first kappa shape index (κ1) is 15.9. The first-order valence-corrected chi connectivity index (χ1v) is 7.26. The average Bonchev–Trinajstić information content (AvgIpc) is 3.17. The van der Waals surface area contributed by atoms with Crippen LogP contribution < -0.4 is 11.1 Å². The summed E-state index contributed by atoms with van der Waals surface area (Å²) in [6.45, 7) is 4.24.